The highest BCUT2D eigenvalue weighted by molar-refractivity contribution is 5.12. The Morgan fingerprint density at radius 3 is 2.18 bits per heavy atom. The monoisotopic (exact) mass is 236 g/mol. The summed E-state index contributed by atoms with van der Waals surface area (Å²) >= 11 is 0. The van der Waals surface area contributed by atoms with Gasteiger partial charge in [0.2, 0.25) is 0 Å². The van der Waals surface area contributed by atoms with Gasteiger partial charge in [-0.2, -0.15) is 0 Å². The molecule has 1 heteroatoms. The van der Waals surface area contributed by atoms with E-state index in [9.17, 15) is 5.11 Å². The van der Waals surface area contributed by atoms with E-state index in [0.29, 0.717) is 17.4 Å². The van der Waals surface area contributed by atoms with Gasteiger partial charge in [0.1, 0.15) is 0 Å². The van der Waals surface area contributed by atoms with E-state index in [4.69, 9.17) is 0 Å². The van der Waals surface area contributed by atoms with Gasteiger partial charge < -0.3 is 5.11 Å². The highest BCUT2D eigenvalue weighted by atomic mass is 16.3. The Morgan fingerprint density at radius 1 is 1.12 bits per heavy atom. The van der Waals surface area contributed by atoms with Crippen LogP contribution < -0.4 is 0 Å². The van der Waals surface area contributed by atoms with Gasteiger partial charge in [-0.05, 0) is 66.1 Å². The van der Waals surface area contributed by atoms with Crippen LogP contribution >= 0.6 is 0 Å². The van der Waals surface area contributed by atoms with Crippen LogP contribution in [0.25, 0.3) is 0 Å². The second-order valence-corrected chi connectivity index (χ2v) is 8.26. The molecule has 0 saturated heterocycles. The first kappa shape index (κ1) is 12.0. The van der Waals surface area contributed by atoms with Crippen LogP contribution in [0.2, 0.25) is 0 Å². The lowest BCUT2D eigenvalue weighted by molar-refractivity contribution is -0.0230. The Labute approximate surface area is 106 Å². The number of hydrogen-bond donors (Lipinski definition) is 1. The van der Waals surface area contributed by atoms with Crippen LogP contribution in [-0.2, 0) is 0 Å². The van der Waals surface area contributed by atoms with E-state index in [1.54, 1.807) is 0 Å². The molecule has 3 rings (SSSR count). The molecule has 1 nitrogen and oxygen atoms in total. The predicted molar refractivity (Wildman–Crippen MR) is 70.6 cm³/mol. The fourth-order valence-corrected chi connectivity index (χ4v) is 4.91. The fraction of sp³-hybridized carbons (Fsp3) is 1.00. The van der Waals surface area contributed by atoms with Crippen LogP contribution in [0.4, 0.5) is 0 Å². The van der Waals surface area contributed by atoms with Crippen molar-refractivity contribution in [3.8, 4) is 0 Å². The molecule has 3 fully saturated rings. The molecule has 3 aliphatic carbocycles. The Bertz CT molecular complexity index is 334. The van der Waals surface area contributed by atoms with Crippen molar-refractivity contribution >= 4 is 0 Å². The maximum atomic E-state index is 9.41. The van der Waals surface area contributed by atoms with Crippen LogP contribution in [0.15, 0.2) is 0 Å². The van der Waals surface area contributed by atoms with E-state index < -0.39 is 0 Å². The molecule has 17 heavy (non-hydrogen) atoms. The van der Waals surface area contributed by atoms with Crippen molar-refractivity contribution in [2.24, 2.45) is 34.0 Å². The molecule has 5 atom stereocenters. The number of fused-ring (bicyclic) bond motifs is 1. The van der Waals surface area contributed by atoms with Gasteiger partial charge >= 0.3 is 0 Å². The van der Waals surface area contributed by atoms with Crippen LogP contribution in [0, 0.1) is 34.0 Å². The number of rotatable bonds is 3. The van der Waals surface area contributed by atoms with Crippen LogP contribution in [0.1, 0.15) is 59.8 Å². The molecular weight excluding hydrogens is 208 g/mol. The van der Waals surface area contributed by atoms with E-state index in [1.807, 2.05) is 0 Å². The number of hydrogen-bond acceptors (Lipinski definition) is 1. The quantitative estimate of drug-likeness (QED) is 0.789. The van der Waals surface area contributed by atoms with Gasteiger partial charge in [-0.1, -0.05) is 27.7 Å². The van der Waals surface area contributed by atoms with E-state index >= 15 is 0 Å². The van der Waals surface area contributed by atoms with Gasteiger partial charge in [0.25, 0.3) is 0 Å². The van der Waals surface area contributed by atoms with Gasteiger partial charge in [-0.25, -0.2) is 0 Å². The van der Waals surface area contributed by atoms with Gasteiger partial charge in [-0.15, -0.1) is 0 Å². The first-order chi connectivity index (χ1) is 7.83. The summed E-state index contributed by atoms with van der Waals surface area (Å²) in [6.07, 6.45) is 7.01. The summed E-state index contributed by atoms with van der Waals surface area (Å²) in [5.74, 6) is 2.71. The average Bonchev–Trinajstić information content (AvgIpc) is 2.89. The van der Waals surface area contributed by atoms with Crippen molar-refractivity contribution in [1.82, 2.24) is 0 Å². The Morgan fingerprint density at radius 2 is 1.82 bits per heavy atom. The molecule has 3 aliphatic rings. The molecule has 98 valence electrons. The first-order valence-corrected chi connectivity index (χ1v) is 7.44. The topological polar surface area (TPSA) is 20.2 Å². The second-order valence-electron chi connectivity index (χ2n) is 8.26. The molecule has 0 aromatic carbocycles. The standard InChI is InChI=1S/C16H28O/c1-14(2)12(7-11-5-6-16(11,14)4)8-13-9-15(13,3)10-17/h11-13,17H,5-10H2,1-4H3/t11?,12-,13?,15?,16+/m1/s1. The maximum absolute atomic E-state index is 9.41. The van der Waals surface area contributed by atoms with E-state index in [2.05, 4.69) is 27.7 Å². The third kappa shape index (κ3) is 1.41. The smallest absolute Gasteiger partial charge is 0.0487 e. The largest absolute Gasteiger partial charge is 0.396 e. The highest BCUT2D eigenvalue weighted by Gasteiger charge is 2.62. The normalized spacial score (nSPS) is 55.2. The molecule has 0 radical (unpaired) electrons. The molecule has 0 heterocycles. The minimum atomic E-state index is 0.276. The Hall–Kier alpha value is -0.0400. The minimum Gasteiger partial charge on any atom is -0.396 e. The summed E-state index contributed by atoms with van der Waals surface area (Å²) in [7, 11) is 0. The summed E-state index contributed by atoms with van der Waals surface area (Å²) in [4.78, 5) is 0. The molecule has 0 aliphatic heterocycles. The van der Waals surface area contributed by atoms with Gasteiger partial charge in [0.05, 0.1) is 0 Å². The van der Waals surface area contributed by atoms with Crippen LogP contribution in [-0.4, -0.2) is 11.7 Å². The minimum absolute atomic E-state index is 0.276. The second kappa shape index (κ2) is 3.29. The molecule has 0 aromatic rings. The lowest BCUT2D eigenvalue weighted by Crippen LogP contribution is -2.43. The molecule has 0 bridgehead atoms. The van der Waals surface area contributed by atoms with E-state index in [1.165, 1.54) is 32.1 Å². The van der Waals surface area contributed by atoms with Crippen LogP contribution in [0.5, 0.6) is 0 Å². The third-order valence-electron chi connectivity index (χ3n) is 7.44. The molecule has 0 aromatic heterocycles. The average molecular weight is 236 g/mol. The van der Waals surface area contributed by atoms with Crippen molar-refractivity contribution in [1.29, 1.82) is 0 Å². The zero-order valence-electron chi connectivity index (χ0n) is 11.9. The lowest BCUT2D eigenvalue weighted by atomic mass is 9.53. The summed E-state index contributed by atoms with van der Waals surface area (Å²) in [6.45, 7) is 10.2. The van der Waals surface area contributed by atoms with Crippen LogP contribution in [0.3, 0.4) is 0 Å². The first-order valence-electron chi connectivity index (χ1n) is 7.44. The van der Waals surface area contributed by atoms with Gasteiger partial charge in [0.15, 0.2) is 0 Å². The van der Waals surface area contributed by atoms with Crippen molar-refractivity contribution in [3.05, 3.63) is 0 Å². The van der Waals surface area contributed by atoms with Crippen molar-refractivity contribution in [2.75, 3.05) is 6.61 Å². The zero-order valence-corrected chi connectivity index (χ0v) is 11.9. The molecule has 3 unspecified atom stereocenters. The zero-order chi connectivity index (χ0) is 12.5. The molecular formula is C16H28O. The van der Waals surface area contributed by atoms with Gasteiger partial charge in [-0.3, -0.25) is 0 Å². The highest BCUT2D eigenvalue weighted by Crippen LogP contribution is 2.71. The molecule has 0 amide bonds. The number of aliphatic hydroxyl groups excluding tert-OH is 1. The SMILES string of the molecule is CC1(CO)CC1C[C@H]1CC2CC[C@]2(C)C1(C)C. The van der Waals surface area contributed by atoms with E-state index in [-0.39, 0.29) is 5.41 Å². The Kier molecular flexibility index (Phi) is 2.32. The van der Waals surface area contributed by atoms with Crippen molar-refractivity contribution < 1.29 is 5.11 Å². The van der Waals surface area contributed by atoms with Crippen molar-refractivity contribution in [2.45, 2.75) is 59.8 Å². The summed E-state index contributed by atoms with van der Waals surface area (Å²) in [5.41, 5.74) is 1.43. The summed E-state index contributed by atoms with van der Waals surface area (Å²) in [5, 5.41) is 9.41. The van der Waals surface area contributed by atoms with E-state index in [0.717, 1.165) is 17.8 Å². The predicted octanol–water partition coefficient (Wildman–Crippen LogP) is 3.86. The summed E-state index contributed by atoms with van der Waals surface area (Å²) < 4.78 is 0. The molecule has 3 saturated carbocycles. The fourth-order valence-electron chi connectivity index (χ4n) is 4.91. The lowest BCUT2D eigenvalue weighted by Gasteiger charge is -2.51. The summed E-state index contributed by atoms with van der Waals surface area (Å²) in [6, 6.07) is 0. The molecule has 0 spiro atoms. The third-order valence-corrected chi connectivity index (χ3v) is 7.44. The molecule has 1 N–H and O–H groups in total. The van der Waals surface area contributed by atoms with Gasteiger partial charge in [0, 0.05) is 6.61 Å². The van der Waals surface area contributed by atoms with Crippen molar-refractivity contribution in [3.63, 3.8) is 0 Å². The Balaban J connectivity index is 1.70. The number of aliphatic hydroxyl groups is 1. The maximum Gasteiger partial charge on any atom is 0.0487 e.